The Morgan fingerprint density at radius 1 is 1.47 bits per heavy atom. The topological polar surface area (TPSA) is 60.9 Å². The molecule has 0 aliphatic carbocycles. The van der Waals surface area contributed by atoms with Gasteiger partial charge in [0.2, 0.25) is 5.91 Å². The van der Waals surface area contributed by atoms with Crippen molar-refractivity contribution in [1.82, 2.24) is 9.78 Å². The molecule has 1 amide bonds. The highest BCUT2D eigenvalue weighted by atomic mass is 16.1. The summed E-state index contributed by atoms with van der Waals surface area (Å²) in [4.78, 5) is 11.0. The Bertz CT molecular complexity index is 489. The molecule has 0 aliphatic heterocycles. The number of amides is 1. The third-order valence-corrected chi connectivity index (χ3v) is 2.24. The standard InChI is InChI=1S/C11H11N3O/c1-8-7-9(14-6-2-5-13-14)3-4-10(8)11(12)15/h2-7H,1H3,(H2,12,15). The van der Waals surface area contributed by atoms with Crippen LogP contribution in [-0.4, -0.2) is 15.7 Å². The molecule has 4 nitrogen and oxygen atoms in total. The van der Waals surface area contributed by atoms with Crippen LogP contribution in [0, 0.1) is 6.92 Å². The lowest BCUT2D eigenvalue weighted by molar-refractivity contribution is 0.0999. The van der Waals surface area contributed by atoms with E-state index < -0.39 is 5.91 Å². The minimum Gasteiger partial charge on any atom is -0.366 e. The fourth-order valence-electron chi connectivity index (χ4n) is 1.49. The van der Waals surface area contributed by atoms with Crippen LogP contribution in [0.3, 0.4) is 0 Å². The fourth-order valence-corrected chi connectivity index (χ4v) is 1.49. The molecule has 0 fully saturated rings. The van der Waals surface area contributed by atoms with E-state index in [0.717, 1.165) is 11.3 Å². The Hall–Kier alpha value is -2.10. The molecule has 0 saturated carbocycles. The van der Waals surface area contributed by atoms with Crippen LogP contribution < -0.4 is 5.73 Å². The van der Waals surface area contributed by atoms with E-state index in [1.165, 1.54) is 0 Å². The summed E-state index contributed by atoms with van der Waals surface area (Å²) in [5, 5.41) is 4.10. The lowest BCUT2D eigenvalue weighted by atomic mass is 10.1. The first-order valence-electron chi connectivity index (χ1n) is 4.59. The second-order valence-corrected chi connectivity index (χ2v) is 3.31. The molecule has 1 aromatic carbocycles. The molecule has 0 saturated heterocycles. The van der Waals surface area contributed by atoms with Gasteiger partial charge in [-0.15, -0.1) is 0 Å². The van der Waals surface area contributed by atoms with Crippen molar-refractivity contribution in [2.75, 3.05) is 0 Å². The molecule has 15 heavy (non-hydrogen) atoms. The maximum atomic E-state index is 11.0. The van der Waals surface area contributed by atoms with Gasteiger partial charge < -0.3 is 5.73 Å². The predicted molar refractivity (Wildman–Crippen MR) is 56.8 cm³/mol. The smallest absolute Gasteiger partial charge is 0.248 e. The third-order valence-electron chi connectivity index (χ3n) is 2.24. The fraction of sp³-hybridized carbons (Fsp3) is 0.0909. The molecule has 0 radical (unpaired) electrons. The van der Waals surface area contributed by atoms with Gasteiger partial charge in [-0.3, -0.25) is 4.79 Å². The molecule has 4 heteroatoms. The number of carbonyl (C=O) groups is 1. The Kier molecular flexibility index (Phi) is 2.25. The molecule has 0 aliphatic rings. The average Bonchev–Trinajstić information content (AvgIpc) is 2.69. The van der Waals surface area contributed by atoms with E-state index in [2.05, 4.69) is 5.10 Å². The van der Waals surface area contributed by atoms with Crippen molar-refractivity contribution < 1.29 is 4.79 Å². The second-order valence-electron chi connectivity index (χ2n) is 3.31. The quantitative estimate of drug-likeness (QED) is 0.795. The summed E-state index contributed by atoms with van der Waals surface area (Å²) >= 11 is 0. The minimum atomic E-state index is -0.403. The highest BCUT2D eigenvalue weighted by Crippen LogP contribution is 2.13. The van der Waals surface area contributed by atoms with Crippen molar-refractivity contribution in [3.05, 3.63) is 47.8 Å². The average molecular weight is 201 g/mol. The Morgan fingerprint density at radius 2 is 2.27 bits per heavy atom. The second kappa shape index (κ2) is 3.57. The molecule has 1 heterocycles. The Labute approximate surface area is 87.3 Å². The number of aromatic nitrogens is 2. The van der Waals surface area contributed by atoms with Crippen molar-refractivity contribution in [1.29, 1.82) is 0 Å². The summed E-state index contributed by atoms with van der Waals surface area (Å²) in [5.41, 5.74) is 7.55. The van der Waals surface area contributed by atoms with E-state index in [9.17, 15) is 4.79 Å². The molecule has 0 unspecified atom stereocenters. The zero-order valence-corrected chi connectivity index (χ0v) is 8.34. The van der Waals surface area contributed by atoms with Gasteiger partial charge in [0.15, 0.2) is 0 Å². The SMILES string of the molecule is Cc1cc(-n2cccn2)ccc1C(N)=O. The first-order valence-corrected chi connectivity index (χ1v) is 4.59. The lowest BCUT2D eigenvalue weighted by Crippen LogP contribution is -2.12. The van der Waals surface area contributed by atoms with Crippen molar-refractivity contribution in [2.24, 2.45) is 5.73 Å². The minimum absolute atomic E-state index is 0.403. The van der Waals surface area contributed by atoms with E-state index >= 15 is 0 Å². The number of nitrogens with two attached hydrogens (primary N) is 1. The van der Waals surface area contributed by atoms with Gasteiger partial charge in [0, 0.05) is 18.0 Å². The van der Waals surface area contributed by atoms with Crippen LogP contribution in [0.1, 0.15) is 15.9 Å². The van der Waals surface area contributed by atoms with E-state index in [1.807, 2.05) is 31.3 Å². The van der Waals surface area contributed by atoms with Crippen molar-refractivity contribution in [3.63, 3.8) is 0 Å². The van der Waals surface area contributed by atoms with E-state index in [4.69, 9.17) is 5.73 Å². The highest BCUT2D eigenvalue weighted by Gasteiger charge is 2.05. The van der Waals surface area contributed by atoms with Crippen LogP contribution in [0.2, 0.25) is 0 Å². The number of aryl methyl sites for hydroxylation is 1. The molecule has 2 aromatic rings. The largest absolute Gasteiger partial charge is 0.366 e. The number of nitrogens with zero attached hydrogens (tertiary/aromatic N) is 2. The first-order chi connectivity index (χ1) is 7.18. The molecule has 0 atom stereocenters. The van der Waals surface area contributed by atoms with Crippen LogP contribution in [0.5, 0.6) is 0 Å². The summed E-state index contributed by atoms with van der Waals surface area (Å²) < 4.78 is 1.73. The normalized spacial score (nSPS) is 10.2. The first kappa shape index (κ1) is 9.45. The van der Waals surface area contributed by atoms with Gasteiger partial charge in [-0.25, -0.2) is 4.68 Å². The number of benzene rings is 1. The Balaban J connectivity index is 2.47. The number of hydrogen-bond acceptors (Lipinski definition) is 2. The van der Waals surface area contributed by atoms with E-state index in [1.54, 1.807) is 16.9 Å². The zero-order valence-electron chi connectivity index (χ0n) is 8.34. The van der Waals surface area contributed by atoms with Gasteiger partial charge in [0.05, 0.1) is 5.69 Å². The number of rotatable bonds is 2. The summed E-state index contributed by atoms with van der Waals surface area (Å²) in [5.74, 6) is -0.403. The Morgan fingerprint density at radius 3 is 2.80 bits per heavy atom. The van der Waals surface area contributed by atoms with Crippen LogP contribution in [0.15, 0.2) is 36.7 Å². The van der Waals surface area contributed by atoms with Crippen LogP contribution in [0.4, 0.5) is 0 Å². The maximum absolute atomic E-state index is 11.0. The molecule has 2 N–H and O–H groups in total. The molecule has 0 spiro atoms. The van der Waals surface area contributed by atoms with Crippen LogP contribution in [-0.2, 0) is 0 Å². The number of carbonyl (C=O) groups excluding carboxylic acids is 1. The predicted octanol–water partition coefficient (Wildman–Crippen LogP) is 1.28. The van der Waals surface area contributed by atoms with Crippen LogP contribution in [0.25, 0.3) is 5.69 Å². The van der Waals surface area contributed by atoms with Crippen molar-refractivity contribution >= 4 is 5.91 Å². The van der Waals surface area contributed by atoms with Gasteiger partial charge in [-0.2, -0.15) is 5.10 Å². The molecule has 2 rings (SSSR count). The summed E-state index contributed by atoms with van der Waals surface area (Å²) in [6.07, 6.45) is 3.55. The van der Waals surface area contributed by atoms with E-state index in [-0.39, 0.29) is 0 Å². The molecular weight excluding hydrogens is 190 g/mol. The van der Waals surface area contributed by atoms with Crippen molar-refractivity contribution in [2.45, 2.75) is 6.92 Å². The third kappa shape index (κ3) is 1.74. The molecular formula is C11H11N3O. The van der Waals surface area contributed by atoms with Gasteiger partial charge >= 0.3 is 0 Å². The molecule has 1 aromatic heterocycles. The van der Waals surface area contributed by atoms with Gasteiger partial charge in [-0.05, 0) is 36.8 Å². The van der Waals surface area contributed by atoms with Gasteiger partial charge in [-0.1, -0.05) is 0 Å². The maximum Gasteiger partial charge on any atom is 0.248 e. The summed E-state index contributed by atoms with van der Waals surface area (Å²) in [6, 6.07) is 7.26. The lowest BCUT2D eigenvalue weighted by Gasteiger charge is -2.05. The zero-order chi connectivity index (χ0) is 10.8. The highest BCUT2D eigenvalue weighted by molar-refractivity contribution is 5.94. The van der Waals surface area contributed by atoms with Gasteiger partial charge in [0.25, 0.3) is 0 Å². The number of primary amides is 1. The van der Waals surface area contributed by atoms with Crippen molar-refractivity contribution in [3.8, 4) is 5.69 Å². The number of hydrogen-bond donors (Lipinski definition) is 1. The van der Waals surface area contributed by atoms with Crippen LogP contribution >= 0.6 is 0 Å². The monoisotopic (exact) mass is 201 g/mol. The molecule has 0 bridgehead atoms. The van der Waals surface area contributed by atoms with Gasteiger partial charge in [0.1, 0.15) is 0 Å². The van der Waals surface area contributed by atoms with E-state index in [0.29, 0.717) is 5.56 Å². The molecule has 76 valence electrons. The summed E-state index contributed by atoms with van der Waals surface area (Å²) in [6.45, 7) is 1.85. The summed E-state index contributed by atoms with van der Waals surface area (Å²) in [7, 11) is 0.